The van der Waals surface area contributed by atoms with Gasteiger partial charge in [0.15, 0.2) is 0 Å². The number of aliphatic hydroxyl groups is 3. The van der Waals surface area contributed by atoms with Crippen molar-refractivity contribution in [2.24, 2.45) is 0 Å². The van der Waals surface area contributed by atoms with Gasteiger partial charge in [-0.1, -0.05) is 0 Å². The molecule has 0 heterocycles. The Morgan fingerprint density at radius 2 is 2.05 bits per heavy atom. The maximum absolute atomic E-state index is 10.9. The lowest BCUT2D eigenvalue weighted by Gasteiger charge is -2.42. The highest BCUT2D eigenvalue weighted by Gasteiger charge is 2.49. The molecule has 0 aliphatic heterocycles. The maximum Gasteiger partial charge on any atom is 0.145 e. The Morgan fingerprint density at radius 1 is 1.40 bits per heavy atom. The van der Waals surface area contributed by atoms with Gasteiger partial charge in [-0.05, 0) is 41.8 Å². The summed E-state index contributed by atoms with van der Waals surface area (Å²) in [7, 11) is 3.03. The summed E-state index contributed by atoms with van der Waals surface area (Å²) in [5, 5.41) is 31.1. The highest BCUT2D eigenvalue weighted by atomic mass is 79.9. The highest BCUT2D eigenvalue weighted by molar-refractivity contribution is 9.10. The zero-order chi connectivity index (χ0) is 15.1. The number of benzene rings is 1. The summed E-state index contributed by atoms with van der Waals surface area (Å²) in [6, 6.07) is 1.76. The van der Waals surface area contributed by atoms with Gasteiger partial charge in [-0.15, -0.1) is 0 Å². The standard InChI is InChI=1S/C14H19BrO5/c1-7(16)14(18)11(17)5-4-8-10(19-2)6-9(15)13(20-3)12(8)14/h6-7,11,16-18H,4-5H2,1-3H3/t7-,11-,14-/m1/s1. The lowest BCUT2D eigenvalue weighted by molar-refractivity contribution is -0.154. The molecule has 0 radical (unpaired) electrons. The van der Waals surface area contributed by atoms with E-state index in [1.807, 2.05) is 0 Å². The topological polar surface area (TPSA) is 79.2 Å². The molecule has 1 aromatic carbocycles. The number of hydrogen-bond donors (Lipinski definition) is 3. The van der Waals surface area contributed by atoms with Crippen molar-refractivity contribution < 1.29 is 24.8 Å². The first-order chi connectivity index (χ1) is 9.37. The van der Waals surface area contributed by atoms with Crippen LogP contribution in [0.15, 0.2) is 10.5 Å². The van der Waals surface area contributed by atoms with Crippen LogP contribution >= 0.6 is 15.9 Å². The zero-order valence-corrected chi connectivity index (χ0v) is 13.3. The van der Waals surface area contributed by atoms with Crippen molar-refractivity contribution in [3.05, 3.63) is 21.7 Å². The van der Waals surface area contributed by atoms with Gasteiger partial charge >= 0.3 is 0 Å². The van der Waals surface area contributed by atoms with E-state index in [9.17, 15) is 15.3 Å². The number of fused-ring (bicyclic) bond motifs is 1. The van der Waals surface area contributed by atoms with Crippen LogP contribution in [0.1, 0.15) is 24.5 Å². The molecule has 1 aliphatic carbocycles. The molecule has 0 saturated heterocycles. The Balaban J connectivity index is 2.81. The van der Waals surface area contributed by atoms with Crippen LogP contribution in [0.5, 0.6) is 11.5 Å². The van der Waals surface area contributed by atoms with Crippen molar-refractivity contribution in [3.8, 4) is 11.5 Å². The average Bonchev–Trinajstić information content (AvgIpc) is 2.42. The number of ether oxygens (including phenoxy) is 2. The first kappa shape index (κ1) is 15.6. The number of aliphatic hydroxyl groups excluding tert-OH is 2. The molecule has 0 saturated carbocycles. The van der Waals surface area contributed by atoms with Gasteiger partial charge < -0.3 is 24.8 Å². The number of hydrogen-bond acceptors (Lipinski definition) is 5. The number of rotatable bonds is 3. The zero-order valence-electron chi connectivity index (χ0n) is 11.7. The monoisotopic (exact) mass is 346 g/mol. The van der Waals surface area contributed by atoms with E-state index in [4.69, 9.17) is 9.47 Å². The molecule has 3 N–H and O–H groups in total. The van der Waals surface area contributed by atoms with Crippen LogP contribution in [0, 0.1) is 0 Å². The number of methoxy groups -OCH3 is 2. The van der Waals surface area contributed by atoms with Crippen LogP contribution in [0.4, 0.5) is 0 Å². The van der Waals surface area contributed by atoms with Gasteiger partial charge in [0.2, 0.25) is 0 Å². The van der Waals surface area contributed by atoms with E-state index in [2.05, 4.69) is 15.9 Å². The Bertz CT molecular complexity index is 517. The summed E-state index contributed by atoms with van der Waals surface area (Å²) in [6.45, 7) is 1.45. The fraction of sp³-hybridized carbons (Fsp3) is 0.571. The van der Waals surface area contributed by atoms with Crippen molar-refractivity contribution in [2.75, 3.05) is 14.2 Å². The van der Waals surface area contributed by atoms with Crippen LogP contribution in [0.2, 0.25) is 0 Å². The van der Waals surface area contributed by atoms with Crippen LogP contribution < -0.4 is 9.47 Å². The minimum Gasteiger partial charge on any atom is -0.496 e. The Morgan fingerprint density at radius 3 is 2.55 bits per heavy atom. The fourth-order valence-electron chi connectivity index (χ4n) is 2.86. The molecule has 0 bridgehead atoms. The van der Waals surface area contributed by atoms with E-state index >= 15 is 0 Å². The van der Waals surface area contributed by atoms with Crippen LogP contribution in [-0.2, 0) is 12.0 Å². The molecule has 0 aromatic heterocycles. The molecule has 112 valence electrons. The van der Waals surface area contributed by atoms with E-state index in [1.54, 1.807) is 13.2 Å². The molecule has 0 spiro atoms. The van der Waals surface area contributed by atoms with Crippen LogP contribution in [0.3, 0.4) is 0 Å². The third-order valence-corrected chi connectivity index (χ3v) is 4.53. The molecule has 20 heavy (non-hydrogen) atoms. The predicted molar refractivity (Wildman–Crippen MR) is 77.2 cm³/mol. The largest absolute Gasteiger partial charge is 0.496 e. The molecule has 5 nitrogen and oxygen atoms in total. The summed E-state index contributed by atoms with van der Waals surface area (Å²) >= 11 is 3.37. The second kappa shape index (κ2) is 5.52. The van der Waals surface area contributed by atoms with Gasteiger partial charge in [-0.2, -0.15) is 0 Å². The maximum atomic E-state index is 10.9. The van der Waals surface area contributed by atoms with Gasteiger partial charge in [-0.25, -0.2) is 0 Å². The second-order valence-electron chi connectivity index (χ2n) is 5.00. The molecule has 6 heteroatoms. The van der Waals surface area contributed by atoms with Crippen molar-refractivity contribution in [1.82, 2.24) is 0 Å². The van der Waals surface area contributed by atoms with E-state index in [0.717, 1.165) is 5.56 Å². The molecule has 0 unspecified atom stereocenters. The van der Waals surface area contributed by atoms with Gasteiger partial charge in [0.25, 0.3) is 0 Å². The molecule has 1 aliphatic rings. The summed E-state index contributed by atoms with van der Waals surface area (Å²) in [4.78, 5) is 0. The Hall–Kier alpha value is -0.820. The van der Waals surface area contributed by atoms with Crippen molar-refractivity contribution in [2.45, 2.75) is 37.6 Å². The molecule has 3 atom stereocenters. The van der Waals surface area contributed by atoms with Crippen molar-refractivity contribution >= 4 is 15.9 Å². The number of halogens is 1. The van der Waals surface area contributed by atoms with Crippen LogP contribution in [0.25, 0.3) is 0 Å². The first-order valence-electron chi connectivity index (χ1n) is 6.40. The van der Waals surface area contributed by atoms with Gasteiger partial charge in [0.1, 0.15) is 17.1 Å². The minimum absolute atomic E-state index is 0.343. The fourth-order valence-corrected chi connectivity index (χ4v) is 3.42. The summed E-state index contributed by atoms with van der Waals surface area (Å²) in [5.74, 6) is 1.00. The highest BCUT2D eigenvalue weighted by Crippen LogP contribution is 2.49. The molecule has 0 fully saturated rings. The Labute approximate surface area is 126 Å². The van der Waals surface area contributed by atoms with Crippen LogP contribution in [-0.4, -0.2) is 41.7 Å². The van der Waals surface area contributed by atoms with Crippen molar-refractivity contribution in [1.29, 1.82) is 0 Å². The average molecular weight is 347 g/mol. The SMILES string of the molecule is COc1cc(Br)c(OC)c2c1CC[C@@H](O)[C@]2(O)[C@@H](C)O. The lowest BCUT2D eigenvalue weighted by Crippen LogP contribution is -2.51. The summed E-state index contributed by atoms with van der Waals surface area (Å²) < 4.78 is 11.3. The van der Waals surface area contributed by atoms with E-state index in [-0.39, 0.29) is 0 Å². The quantitative estimate of drug-likeness (QED) is 0.769. The molecular formula is C14H19BrO5. The van der Waals surface area contributed by atoms with Gasteiger partial charge in [0, 0.05) is 11.1 Å². The molecule has 0 amide bonds. The van der Waals surface area contributed by atoms with Gasteiger partial charge in [0.05, 0.1) is 30.9 Å². The smallest absolute Gasteiger partial charge is 0.145 e. The Kier molecular flexibility index (Phi) is 4.30. The van der Waals surface area contributed by atoms with E-state index < -0.39 is 17.8 Å². The molecule has 2 rings (SSSR count). The minimum atomic E-state index is -1.78. The first-order valence-corrected chi connectivity index (χ1v) is 7.19. The van der Waals surface area contributed by atoms with Gasteiger partial charge in [-0.3, -0.25) is 0 Å². The summed E-state index contributed by atoms with van der Waals surface area (Å²) in [5.41, 5.74) is -0.642. The normalized spacial score (nSPS) is 26.9. The lowest BCUT2D eigenvalue weighted by atomic mass is 9.73. The molecule has 1 aromatic rings. The second-order valence-corrected chi connectivity index (χ2v) is 5.86. The third-order valence-electron chi connectivity index (χ3n) is 3.94. The molecular weight excluding hydrogens is 328 g/mol. The predicted octanol–water partition coefficient (Wildman–Crippen LogP) is 1.34. The van der Waals surface area contributed by atoms with Crippen molar-refractivity contribution in [3.63, 3.8) is 0 Å². The van der Waals surface area contributed by atoms with E-state index in [0.29, 0.717) is 34.4 Å². The van der Waals surface area contributed by atoms with E-state index in [1.165, 1.54) is 14.0 Å². The third kappa shape index (κ3) is 2.11. The summed E-state index contributed by atoms with van der Waals surface area (Å²) in [6.07, 6.45) is -1.33.